The van der Waals surface area contributed by atoms with E-state index < -0.39 is 0 Å². The molecule has 3 aliphatic rings. The number of fused-ring (bicyclic) bond motifs is 2. The first-order valence-corrected chi connectivity index (χ1v) is 12.4. The second-order valence-electron chi connectivity index (χ2n) is 10.2. The third kappa shape index (κ3) is 4.86. The predicted octanol–water partition coefficient (Wildman–Crippen LogP) is 4.49. The van der Waals surface area contributed by atoms with Gasteiger partial charge in [0.1, 0.15) is 11.9 Å². The fraction of sp³-hybridized carbons (Fsp3) is 0.464. The molecule has 1 saturated heterocycles. The molecule has 3 unspecified atom stereocenters. The fourth-order valence-corrected chi connectivity index (χ4v) is 5.80. The Balaban J connectivity index is 1.09. The molecule has 1 aromatic carbocycles. The van der Waals surface area contributed by atoms with Crippen LogP contribution in [0.3, 0.4) is 0 Å². The van der Waals surface area contributed by atoms with Crippen molar-refractivity contribution in [3.8, 4) is 5.75 Å². The Morgan fingerprint density at radius 3 is 2.68 bits per heavy atom. The number of benzene rings is 1. The summed E-state index contributed by atoms with van der Waals surface area (Å²) in [4.78, 5) is 31.3. The van der Waals surface area contributed by atoms with Crippen LogP contribution >= 0.6 is 0 Å². The lowest BCUT2D eigenvalue weighted by Crippen LogP contribution is -2.41. The Hall–Kier alpha value is -3.15. The largest absolute Gasteiger partial charge is 0.490 e. The van der Waals surface area contributed by atoms with Crippen molar-refractivity contribution in [3.63, 3.8) is 0 Å². The standard InChI is InChI=1S/C28H33N3O3/c1-28(18-20-7-8-23(28)16-20)11-13-30-26(32)21-4-2-6-25(17-21)34-24-9-14-31(15-10-24)27(33)22-5-3-12-29-19-22/h2-8,12,17,19-20,23-24H,9-11,13-16,18H2,1H3,(H,30,32). The lowest BCUT2D eigenvalue weighted by molar-refractivity contribution is 0.0594. The smallest absolute Gasteiger partial charge is 0.255 e. The van der Waals surface area contributed by atoms with Gasteiger partial charge in [-0.05, 0) is 66.8 Å². The van der Waals surface area contributed by atoms with Crippen LogP contribution in [-0.2, 0) is 0 Å². The van der Waals surface area contributed by atoms with Crippen LogP contribution in [0, 0.1) is 17.3 Å². The zero-order chi connectivity index (χ0) is 23.5. The van der Waals surface area contributed by atoms with Crippen LogP contribution in [0.5, 0.6) is 5.75 Å². The van der Waals surface area contributed by atoms with Crippen molar-refractivity contribution in [2.24, 2.45) is 17.3 Å². The van der Waals surface area contributed by atoms with Crippen LogP contribution in [0.2, 0.25) is 0 Å². The Bertz CT molecular complexity index is 1060. The van der Waals surface area contributed by atoms with E-state index in [-0.39, 0.29) is 17.9 Å². The van der Waals surface area contributed by atoms with E-state index in [9.17, 15) is 9.59 Å². The van der Waals surface area contributed by atoms with Crippen LogP contribution < -0.4 is 10.1 Å². The maximum absolute atomic E-state index is 12.7. The van der Waals surface area contributed by atoms with Gasteiger partial charge in [-0.25, -0.2) is 0 Å². The topological polar surface area (TPSA) is 71.5 Å². The van der Waals surface area contributed by atoms with Gasteiger partial charge in [-0.1, -0.05) is 25.1 Å². The number of hydrogen-bond donors (Lipinski definition) is 1. The van der Waals surface area contributed by atoms with Crippen LogP contribution in [0.1, 0.15) is 59.7 Å². The number of amides is 2. The highest BCUT2D eigenvalue weighted by molar-refractivity contribution is 5.94. The number of likely N-dealkylation sites (tertiary alicyclic amines) is 1. The fourth-order valence-electron chi connectivity index (χ4n) is 5.80. The Kier molecular flexibility index (Phi) is 6.40. The number of hydrogen-bond acceptors (Lipinski definition) is 4. The van der Waals surface area contributed by atoms with Crippen molar-refractivity contribution in [2.75, 3.05) is 19.6 Å². The first-order chi connectivity index (χ1) is 16.5. The van der Waals surface area contributed by atoms with E-state index in [0.717, 1.165) is 25.2 Å². The first-order valence-electron chi connectivity index (χ1n) is 12.4. The van der Waals surface area contributed by atoms with Crippen molar-refractivity contribution in [2.45, 2.75) is 45.1 Å². The van der Waals surface area contributed by atoms with Gasteiger partial charge < -0.3 is 15.0 Å². The quantitative estimate of drug-likeness (QED) is 0.620. The number of allylic oxidation sites excluding steroid dienone is 2. The second kappa shape index (κ2) is 9.61. The summed E-state index contributed by atoms with van der Waals surface area (Å²) in [6.07, 6.45) is 13.1. The number of rotatable bonds is 7. The van der Waals surface area contributed by atoms with Gasteiger partial charge in [-0.2, -0.15) is 0 Å². The molecular formula is C28H33N3O3. The molecule has 2 fully saturated rings. The van der Waals surface area contributed by atoms with Gasteiger partial charge in [0, 0.05) is 50.4 Å². The molecule has 178 valence electrons. The van der Waals surface area contributed by atoms with E-state index in [1.807, 2.05) is 29.2 Å². The van der Waals surface area contributed by atoms with Gasteiger partial charge in [0.2, 0.25) is 0 Å². The average molecular weight is 460 g/mol. The minimum Gasteiger partial charge on any atom is -0.490 e. The first kappa shape index (κ1) is 22.6. The summed E-state index contributed by atoms with van der Waals surface area (Å²) in [5, 5.41) is 3.11. The van der Waals surface area contributed by atoms with Crippen molar-refractivity contribution in [1.82, 2.24) is 15.2 Å². The summed E-state index contributed by atoms with van der Waals surface area (Å²) in [6.45, 7) is 4.35. The number of nitrogens with zero attached hydrogens (tertiary/aromatic N) is 2. The summed E-state index contributed by atoms with van der Waals surface area (Å²) < 4.78 is 6.18. The maximum Gasteiger partial charge on any atom is 0.255 e. The zero-order valence-electron chi connectivity index (χ0n) is 19.8. The molecular weight excluding hydrogens is 426 g/mol. The summed E-state index contributed by atoms with van der Waals surface area (Å²) >= 11 is 0. The van der Waals surface area contributed by atoms with E-state index in [2.05, 4.69) is 29.4 Å². The van der Waals surface area contributed by atoms with Gasteiger partial charge in [0.15, 0.2) is 0 Å². The molecule has 2 aliphatic carbocycles. The molecule has 6 heteroatoms. The minimum absolute atomic E-state index is 0.0144. The molecule has 0 radical (unpaired) electrons. The third-order valence-corrected chi connectivity index (χ3v) is 7.81. The molecule has 1 saturated carbocycles. The van der Waals surface area contributed by atoms with Gasteiger partial charge in [-0.15, -0.1) is 0 Å². The van der Waals surface area contributed by atoms with E-state index in [4.69, 9.17) is 4.74 Å². The lowest BCUT2D eigenvalue weighted by atomic mass is 9.75. The minimum atomic E-state index is -0.0513. The Morgan fingerprint density at radius 1 is 1.15 bits per heavy atom. The summed E-state index contributed by atoms with van der Waals surface area (Å²) in [6, 6.07) is 11.0. The molecule has 2 amide bonds. The van der Waals surface area contributed by atoms with E-state index >= 15 is 0 Å². The van der Waals surface area contributed by atoms with Crippen molar-refractivity contribution < 1.29 is 14.3 Å². The number of pyridine rings is 1. The second-order valence-corrected chi connectivity index (χ2v) is 10.2. The summed E-state index contributed by atoms with van der Waals surface area (Å²) in [5.74, 6) is 2.07. The average Bonchev–Trinajstić information content (AvgIpc) is 3.46. The van der Waals surface area contributed by atoms with Gasteiger partial charge in [0.05, 0.1) is 5.56 Å². The number of carbonyl (C=O) groups is 2. The Labute approximate surface area is 201 Å². The van der Waals surface area contributed by atoms with Crippen molar-refractivity contribution in [1.29, 1.82) is 0 Å². The number of aromatic nitrogens is 1. The molecule has 1 N–H and O–H groups in total. The molecule has 1 aliphatic heterocycles. The number of ether oxygens (including phenoxy) is 1. The van der Waals surface area contributed by atoms with Gasteiger partial charge in [0.25, 0.3) is 11.8 Å². The normalized spacial score (nSPS) is 26.0. The SMILES string of the molecule is CC1(CCNC(=O)c2cccc(OC3CCN(C(=O)c4cccnc4)CC3)c2)CC2C=CC1C2. The molecule has 6 nitrogen and oxygen atoms in total. The third-order valence-electron chi connectivity index (χ3n) is 7.81. The van der Waals surface area contributed by atoms with E-state index in [1.165, 1.54) is 12.8 Å². The number of piperidine rings is 1. The van der Waals surface area contributed by atoms with Gasteiger partial charge in [-0.3, -0.25) is 14.6 Å². The number of nitrogens with one attached hydrogen (secondary N) is 1. The van der Waals surface area contributed by atoms with Crippen LogP contribution in [0.15, 0.2) is 60.9 Å². The van der Waals surface area contributed by atoms with Crippen LogP contribution in [-0.4, -0.2) is 47.4 Å². The van der Waals surface area contributed by atoms with E-state index in [0.29, 0.717) is 47.8 Å². The van der Waals surface area contributed by atoms with Gasteiger partial charge >= 0.3 is 0 Å². The van der Waals surface area contributed by atoms with Crippen LogP contribution in [0.25, 0.3) is 0 Å². The number of carbonyl (C=O) groups excluding carboxylic acids is 2. The molecule has 3 atom stereocenters. The highest BCUT2D eigenvalue weighted by Crippen LogP contribution is 2.53. The molecule has 2 heterocycles. The highest BCUT2D eigenvalue weighted by Gasteiger charge is 2.44. The van der Waals surface area contributed by atoms with E-state index in [1.54, 1.807) is 24.5 Å². The lowest BCUT2D eigenvalue weighted by Gasteiger charge is -2.32. The van der Waals surface area contributed by atoms with Crippen molar-refractivity contribution in [3.05, 3.63) is 72.1 Å². The molecule has 1 aromatic heterocycles. The summed E-state index contributed by atoms with van der Waals surface area (Å²) in [5.41, 5.74) is 1.55. The molecule has 0 spiro atoms. The maximum atomic E-state index is 12.7. The Morgan fingerprint density at radius 2 is 1.97 bits per heavy atom. The monoisotopic (exact) mass is 459 g/mol. The molecule has 2 aromatic rings. The predicted molar refractivity (Wildman–Crippen MR) is 131 cm³/mol. The summed E-state index contributed by atoms with van der Waals surface area (Å²) in [7, 11) is 0. The highest BCUT2D eigenvalue weighted by atomic mass is 16.5. The van der Waals surface area contributed by atoms with Crippen LogP contribution in [0.4, 0.5) is 0 Å². The molecule has 2 bridgehead atoms. The molecule has 5 rings (SSSR count). The van der Waals surface area contributed by atoms with Crippen molar-refractivity contribution >= 4 is 11.8 Å². The zero-order valence-corrected chi connectivity index (χ0v) is 19.8. The molecule has 34 heavy (non-hydrogen) atoms.